The Morgan fingerprint density at radius 3 is 2.09 bits per heavy atom. The Labute approximate surface area is 190 Å². The lowest BCUT2D eigenvalue weighted by atomic mass is 9.77. The molecule has 1 fully saturated rings. The molecular formula is C27H24F2N2O2. The third kappa shape index (κ3) is 4.51. The molecule has 3 aromatic carbocycles. The predicted octanol–water partition coefficient (Wildman–Crippen LogP) is 6.92. The molecule has 0 spiro atoms. The highest BCUT2D eigenvalue weighted by atomic mass is 19.2. The molecule has 1 aliphatic rings. The zero-order valence-corrected chi connectivity index (χ0v) is 18.0. The molecule has 0 radical (unpaired) electrons. The number of carboxylic acids is 1. The van der Waals surface area contributed by atoms with E-state index in [0.717, 1.165) is 54.5 Å². The number of nitrogens with zero attached hydrogens (tertiary/aromatic N) is 1. The van der Waals surface area contributed by atoms with Crippen LogP contribution >= 0.6 is 0 Å². The van der Waals surface area contributed by atoms with E-state index in [-0.39, 0.29) is 6.42 Å². The zero-order chi connectivity index (χ0) is 22.9. The average Bonchev–Trinajstić information content (AvgIpc) is 3.22. The van der Waals surface area contributed by atoms with Gasteiger partial charge in [0.25, 0.3) is 0 Å². The number of fused-ring (bicyclic) bond motifs is 1. The molecule has 1 aliphatic carbocycles. The number of hydrogen-bond donors (Lipinski definition) is 2. The van der Waals surface area contributed by atoms with E-state index in [1.807, 2.05) is 24.3 Å². The molecule has 1 aromatic heterocycles. The number of imidazole rings is 1. The first-order valence-corrected chi connectivity index (χ1v) is 11.2. The number of nitrogens with one attached hydrogen (secondary N) is 1. The Morgan fingerprint density at radius 2 is 1.45 bits per heavy atom. The standard InChI is InChI=1S/C27H24F2N2O2/c28-22-14-24-25(15-23(22)29)31-27(30-24)21-11-9-20(10-12-21)19-7-5-18(6-8-19)17-3-1-16(2-4-17)13-26(32)33/h5-12,14-17H,1-4,13H2,(H,30,31)(H,32,33)/t16-,17-. The van der Waals surface area contributed by atoms with Crippen LogP contribution in [-0.4, -0.2) is 21.0 Å². The molecule has 0 bridgehead atoms. The number of rotatable bonds is 5. The Morgan fingerprint density at radius 1 is 0.879 bits per heavy atom. The van der Waals surface area contributed by atoms with Crippen molar-refractivity contribution in [3.63, 3.8) is 0 Å². The van der Waals surface area contributed by atoms with Gasteiger partial charge < -0.3 is 10.1 Å². The second-order valence-corrected chi connectivity index (χ2v) is 8.88. The molecule has 4 nitrogen and oxygen atoms in total. The van der Waals surface area contributed by atoms with Gasteiger partial charge in [0.05, 0.1) is 11.0 Å². The summed E-state index contributed by atoms with van der Waals surface area (Å²) in [5.74, 6) is -1.14. The summed E-state index contributed by atoms with van der Waals surface area (Å²) in [7, 11) is 0. The summed E-state index contributed by atoms with van der Waals surface area (Å²) >= 11 is 0. The molecule has 0 amide bonds. The van der Waals surface area contributed by atoms with Crippen LogP contribution in [0, 0.1) is 17.6 Å². The fourth-order valence-electron chi connectivity index (χ4n) is 4.86. The van der Waals surface area contributed by atoms with Crippen LogP contribution < -0.4 is 0 Å². The van der Waals surface area contributed by atoms with Crippen LogP contribution in [0.2, 0.25) is 0 Å². The highest BCUT2D eigenvalue weighted by Crippen LogP contribution is 2.37. The van der Waals surface area contributed by atoms with Crippen molar-refractivity contribution in [3.8, 4) is 22.5 Å². The molecule has 1 heterocycles. The van der Waals surface area contributed by atoms with E-state index >= 15 is 0 Å². The maximum atomic E-state index is 13.5. The highest BCUT2D eigenvalue weighted by Gasteiger charge is 2.24. The second-order valence-electron chi connectivity index (χ2n) is 8.88. The topological polar surface area (TPSA) is 66.0 Å². The van der Waals surface area contributed by atoms with Crippen molar-refractivity contribution >= 4 is 17.0 Å². The average molecular weight is 446 g/mol. The van der Waals surface area contributed by atoms with Crippen molar-refractivity contribution in [3.05, 3.63) is 77.9 Å². The SMILES string of the molecule is O=C(O)C[C@H]1CC[C@H](c2ccc(-c3ccc(-c4nc5cc(F)c(F)cc5[nH]4)cc3)cc2)CC1. The first-order chi connectivity index (χ1) is 16.0. The normalized spacial score (nSPS) is 18.5. The number of H-pyrrole nitrogens is 1. The summed E-state index contributed by atoms with van der Waals surface area (Å²) in [5, 5.41) is 8.99. The van der Waals surface area contributed by atoms with Crippen LogP contribution in [0.25, 0.3) is 33.5 Å². The molecule has 0 aliphatic heterocycles. The number of halogens is 2. The number of aliphatic carboxylic acids is 1. The number of carboxylic acid groups (broad SMARTS) is 1. The van der Waals surface area contributed by atoms with Gasteiger partial charge in [-0.15, -0.1) is 0 Å². The first kappa shape index (κ1) is 21.3. The fraction of sp³-hybridized carbons (Fsp3) is 0.259. The molecule has 168 valence electrons. The van der Waals surface area contributed by atoms with Gasteiger partial charge in [-0.1, -0.05) is 48.5 Å². The Balaban J connectivity index is 1.28. The minimum absolute atomic E-state index is 0.281. The van der Waals surface area contributed by atoms with Gasteiger partial charge in [0, 0.05) is 24.1 Å². The van der Waals surface area contributed by atoms with Crippen molar-refractivity contribution in [2.75, 3.05) is 0 Å². The monoisotopic (exact) mass is 446 g/mol. The van der Waals surface area contributed by atoms with Gasteiger partial charge in [-0.05, 0) is 54.2 Å². The predicted molar refractivity (Wildman–Crippen MR) is 124 cm³/mol. The molecule has 0 unspecified atom stereocenters. The van der Waals surface area contributed by atoms with E-state index < -0.39 is 17.6 Å². The van der Waals surface area contributed by atoms with E-state index in [9.17, 15) is 13.6 Å². The largest absolute Gasteiger partial charge is 0.481 e. The quantitative estimate of drug-likeness (QED) is 0.350. The third-order valence-electron chi connectivity index (χ3n) is 6.71. The number of aromatic amines is 1. The number of benzene rings is 3. The van der Waals surface area contributed by atoms with Crippen LogP contribution in [0.15, 0.2) is 60.7 Å². The van der Waals surface area contributed by atoms with E-state index in [1.165, 1.54) is 5.56 Å². The third-order valence-corrected chi connectivity index (χ3v) is 6.71. The van der Waals surface area contributed by atoms with Gasteiger partial charge in [-0.2, -0.15) is 0 Å². The summed E-state index contributed by atoms with van der Waals surface area (Å²) < 4.78 is 26.9. The summed E-state index contributed by atoms with van der Waals surface area (Å²) in [6.45, 7) is 0. The van der Waals surface area contributed by atoms with Crippen LogP contribution in [0.5, 0.6) is 0 Å². The molecule has 0 atom stereocenters. The minimum atomic E-state index is -0.910. The molecule has 33 heavy (non-hydrogen) atoms. The highest BCUT2D eigenvalue weighted by molar-refractivity contribution is 5.80. The number of carbonyl (C=O) groups is 1. The van der Waals surface area contributed by atoms with E-state index in [0.29, 0.717) is 28.7 Å². The van der Waals surface area contributed by atoms with Crippen molar-refractivity contribution in [1.82, 2.24) is 9.97 Å². The van der Waals surface area contributed by atoms with Gasteiger partial charge >= 0.3 is 5.97 Å². The fourth-order valence-corrected chi connectivity index (χ4v) is 4.86. The van der Waals surface area contributed by atoms with Crippen molar-refractivity contribution in [2.45, 2.75) is 38.0 Å². The smallest absolute Gasteiger partial charge is 0.303 e. The molecule has 2 N–H and O–H groups in total. The molecule has 1 saturated carbocycles. The van der Waals surface area contributed by atoms with Crippen LogP contribution in [-0.2, 0) is 4.79 Å². The Bertz CT molecular complexity index is 1250. The number of aromatic nitrogens is 2. The molecular weight excluding hydrogens is 422 g/mol. The van der Waals surface area contributed by atoms with Gasteiger partial charge in [0.2, 0.25) is 0 Å². The van der Waals surface area contributed by atoms with Crippen LogP contribution in [0.3, 0.4) is 0 Å². The molecule has 6 heteroatoms. The van der Waals surface area contributed by atoms with Crippen molar-refractivity contribution in [1.29, 1.82) is 0 Å². The van der Waals surface area contributed by atoms with E-state index in [2.05, 4.69) is 34.2 Å². The Hall–Kier alpha value is -3.54. The lowest BCUT2D eigenvalue weighted by Crippen LogP contribution is -2.16. The van der Waals surface area contributed by atoms with Crippen LogP contribution in [0.1, 0.15) is 43.6 Å². The zero-order valence-electron chi connectivity index (χ0n) is 18.0. The molecule has 0 saturated heterocycles. The molecule has 4 aromatic rings. The minimum Gasteiger partial charge on any atom is -0.481 e. The maximum absolute atomic E-state index is 13.5. The maximum Gasteiger partial charge on any atom is 0.303 e. The molecule has 5 rings (SSSR count). The van der Waals surface area contributed by atoms with Gasteiger partial charge in [0.15, 0.2) is 11.6 Å². The summed E-state index contributed by atoms with van der Waals surface area (Å²) in [5.41, 5.74) is 5.18. The second kappa shape index (κ2) is 8.77. The van der Waals surface area contributed by atoms with Gasteiger partial charge in [-0.25, -0.2) is 13.8 Å². The van der Waals surface area contributed by atoms with Crippen molar-refractivity contribution in [2.24, 2.45) is 5.92 Å². The lowest BCUT2D eigenvalue weighted by molar-refractivity contribution is -0.138. The van der Waals surface area contributed by atoms with Gasteiger partial charge in [-0.3, -0.25) is 4.79 Å². The lowest BCUT2D eigenvalue weighted by Gasteiger charge is -2.28. The van der Waals surface area contributed by atoms with Crippen LogP contribution in [0.4, 0.5) is 8.78 Å². The van der Waals surface area contributed by atoms with Gasteiger partial charge in [0.1, 0.15) is 5.82 Å². The van der Waals surface area contributed by atoms with E-state index in [1.54, 1.807) is 0 Å². The summed E-state index contributed by atoms with van der Waals surface area (Å²) in [6, 6.07) is 18.7. The van der Waals surface area contributed by atoms with E-state index in [4.69, 9.17) is 5.11 Å². The summed E-state index contributed by atoms with van der Waals surface area (Å²) in [6.07, 6.45) is 4.31. The number of hydrogen-bond acceptors (Lipinski definition) is 2. The first-order valence-electron chi connectivity index (χ1n) is 11.2. The summed E-state index contributed by atoms with van der Waals surface area (Å²) in [4.78, 5) is 18.3. The Kier molecular flexibility index (Phi) is 5.67. The van der Waals surface area contributed by atoms with Crippen molar-refractivity contribution < 1.29 is 18.7 Å².